The van der Waals surface area contributed by atoms with E-state index in [0.717, 1.165) is 31.7 Å². The average Bonchev–Trinajstić information content (AvgIpc) is 3.27. The fourth-order valence-corrected chi connectivity index (χ4v) is 3.18. The Morgan fingerprint density at radius 3 is 2.77 bits per heavy atom. The van der Waals surface area contributed by atoms with Gasteiger partial charge in [-0.2, -0.15) is 9.61 Å². The Morgan fingerprint density at radius 2 is 2.04 bits per heavy atom. The molecular weight excluding hydrogens is 330 g/mol. The van der Waals surface area contributed by atoms with E-state index >= 15 is 0 Å². The number of aromatic nitrogens is 3. The molecule has 0 unspecified atom stereocenters. The minimum absolute atomic E-state index is 0.188. The Kier molecular flexibility index (Phi) is 3.90. The van der Waals surface area contributed by atoms with Gasteiger partial charge in [-0.05, 0) is 25.0 Å². The zero-order valence-corrected chi connectivity index (χ0v) is 14.8. The smallest absolute Gasteiger partial charge is 0.183 e. The van der Waals surface area contributed by atoms with E-state index in [1.165, 1.54) is 0 Å². The van der Waals surface area contributed by atoms with E-state index in [2.05, 4.69) is 25.0 Å². The molecule has 4 heterocycles. The summed E-state index contributed by atoms with van der Waals surface area (Å²) in [6.07, 6.45) is 7.23. The zero-order chi connectivity index (χ0) is 18.3. The highest BCUT2D eigenvalue weighted by Crippen LogP contribution is 2.23. The van der Waals surface area contributed by atoms with Crippen LogP contribution in [0.2, 0.25) is 0 Å². The van der Waals surface area contributed by atoms with Crippen molar-refractivity contribution in [1.29, 1.82) is 5.41 Å². The van der Waals surface area contributed by atoms with Crippen LogP contribution < -0.4 is 10.6 Å². The van der Waals surface area contributed by atoms with E-state index in [4.69, 9.17) is 11.1 Å². The van der Waals surface area contributed by atoms with Crippen LogP contribution >= 0.6 is 0 Å². The Labute approximate surface area is 151 Å². The molecule has 0 bridgehead atoms. The molecule has 0 radical (unpaired) electrons. The molecule has 3 N–H and O–H groups in total. The van der Waals surface area contributed by atoms with Gasteiger partial charge in [-0.25, -0.2) is 15.0 Å². The van der Waals surface area contributed by atoms with Crippen LogP contribution in [0, 0.1) is 5.41 Å². The second kappa shape index (κ2) is 6.25. The van der Waals surface area contributed by atoms with Gasteiger partial charge in [0, 0.05) is 33.4 Å². The number of hydrogen-bond acceptors (Lipinski definition) is 7. The number of nitrogens with two attached hydrogens (primary N) is 1. The molecule has 0 spiro atoms. The first-order valence-electron chi connectivity index (χ1n) is 8.53. The summed E-state index contributed by atoms with van der Waals surface area (Å²) in [4.78, 5) is 17.6. The van der Waals surface area contributed by atoms with E-state index in [1.54, 1.807) is 23.0 Å². The van der Waals surface area contributed by atoms with Gasteiger partial charge < -0.3 is 15.5 Å². The van der Waals surface area contributed by atoms with Crippen LogP contribution in [0.1, 0.15) is 12.8 Å². The standard InChI is InChI=1S/C17H21N9/c1-24(2)14-5-6-20-17-13(10-21-26(14)17)22-15-11(18)9-12(19)16(23-15)25-7-3-4-8-25/h5-6,9-10,18H,3-4,7-8,19H2,1-2H3. The number of anilines is 1. The summed E-state index contributed by atoms with van der Waals surface area (Å²) in [6.45, 7) is 1.86. The Morgan fingerprint density at radius 1 is 1.27 bits per heavy atom. The van der Waals surface area contributed by atoms with Crippen LogP contribution in [0.25, 0.3) is 5.65 Å². The normalized spacial score (nSPS) is 19.2. The molecule has 26 heavy (non-hydrogen) atoms. The summed E-state index contributed by atoms with van der Waals surface area (Å²) in [5.74, 6) is 1.93. The molecule has 2 aromatic rings. The molecule has 1 saturated heterocycles. The van der Waals surface area contributed by atoms with Crippen molar-refractivity contribution in [3.05, 3.63) is 30.2 Å². The average molecular weight is 351 g/mol. The van der Waals surface area contributed by atoms with Crippen molar-refractivity contribution in [1.82, 2.24) is 19.5 Å². The minimum atomic E-state index is 0.188. The highest BCUT2D eigenvalue weighted by molar-refractivity contribution is 6.49. The van der Waals surface area contributed by atoms with Crippen LogP contribution in [-0.4, -0.2) is 64.1 Å². The van der Waals surface area contributed by atoms with Gasteiger partial charge in [0.1, 0.15) is 17.2 Å². The van der Waals surface area contributed by atoms with E-state index in [1.807, 2.05) is 25.1 Å². The Balaban J connectivity index is 1.77. The summed E-state index contributed by atoms with van der Waals surface area (Å²) >= 11 is 0. The van der Waals surface area contributed by atoms with Crippen LogP contribution in [-0.2, 0) is 0 Å². The topological polar surface area (TPSA) is 111 Å². The lowest BCUT2D eigenvalue weighted by atomic mass is 10.2. The summed E-state index contributed by atoms with van der Waals surface area (Å²) in [5, 5.41) is 12.6. The van der Waals surface area contributed by atoms with E-state index < -0.39 is 0 Å². The van der Waals surface area contributed by atoms with Crippen molar-refractivity contribution in [2.24, 2.45) is 15.7 Å². The van der Waals surface area contributed by atoms with Gasteiger partial charge >= 0.3 is 0 Å². The summed E-state index contributed by atoms with van der Waals surface area (Å²) < 4.78 is 1.72. The molecular formula is C17H21N9. The van der Waals surface area contributed by atoms with E-state index in [0.29, 0.717) is 28.7 Å². The van der Waals surface area contributed by atoms with Crippen LogP contribution in [0.4, 0.5) is 11.5 Å². The minimum Gasteiger partial charge on any atom is -0.396 e. The van der Waals surface area contributed by atoms with Crippen molar-refractivity contribution in [3.63, 3.8) is 0 Å². The van der Waals surface area contributed by atoms with Crippen LogP contribution in [0.3, 0.4) is 0 Å². The highest BCUT2D eigenvalue weighted by atomic mass is 15.3. The van der Waals surface area contributed by atoms with Gasteiger partial charge in [-0.3, -0.25) is 5.41 Å². The fourth-order valence-electron chi connectivity index (χ4n) is 3.18. The number of aliphatic imine (C=N–C) groups is 2. The van der Waals surface area contributed by atoms with Crippen molar-refractivity contribution in [2.45, 2.75) is 12.8 Å². The van der Waals surface area contributed by atoms with Gasteiger partial charge in [0.15, 0.2) is 17.3 Å². The van der Waals surface area contributed by atoms with Crippen molar-refractivity contribution >= 4 is 34.5 Å². The number of rotatable bonds is 2. The van der Waals surface area contributed by atoms with Crippen molar-refractivity contribution in [2.75, 3.05) is 32.1 Å². The van der Waals surface area contributed by atoms with Crippen molar-refractivity contribution < 1.29 is 0 Å². The van der Waals surface area contributed by atoms with Gasteiger partial charge in [0.05, 0.1) is 11.9 Å². The molecule has 1 fully saturated rings. The maximum atomic E-state index is 8.19. The van der Waals surface area contributed by atoms with Gasteiger partial charge in [-0.1, -0.05) is 0 Å². The Hall–Kier alpha value is -3.23. The number of nitrogens with zero attached hydrogens (tertiary/aromatic N) is 7. The highest BCUT2D eigenvalue weighted by Gasteiger charge is 2.24. The van der Waals surface area contributed by atoms with Gasteiger partial charge in [-0.15, -0.1) is 0 Å². The molecule has 0 amide bonds. The van der Waals surface area contributed by atoms with E-state index in [9.17, 15) is 0 Å². The number of likely N-dealkylation sites (tertiary alicyclic amines) is 1. The summed E-state index contributed by atoms with van der Waals surface area (Å²) in [5.41, 5.74) is 7.99. The second-order valence-electron chi connectivity index (χ2n) is 6.54. The molecule has 0 aliphatic carbocycles. The molecule has 134 valence electrons. The number of fused-ring (bicyclic) bond motifs is 1. The molecule has 0 aromatic carbocycles. The first kappa shape index (κ1) is 16.2. The van der Waals surface area contributed by atoms with Gasteiger partial charge in [0.2, 0.25) is 0 Å². The second-order valence-corrected chi connectivity index (χ2v) is 6.54. The molecule has 2 aliphatic rings. The SMILES string of the molecule is CN(C)c1ccnc2c(N=C3N=C(N4CCCC4)C(N)=CC3=N)cnn12. The Bertz CT molecular complexity index is 958. The number of dihydropyridines is 1. The van der Waals surface area contributed by atoms with E-state index in [-0.39, 0.29) is 5.71 Å². The summed E-state index contributed by atoms with van der Waals surface area (Å²) in [6, 6.07) is 1.88. The molecule has 0 saturated carbocycles. The molecule has 4 rings (SSSR count). The monoisotopic (exact) mass is 351 g/mol. The van der Waals surface area contributed by atoms with Crippen LogP contribution in [0.5, 0.6) is 0 Å². The number of hydrogen-bond donors (Lipinski definition) is 2. The predicted octanol–water partition coefficient (Wildman–Crippen LogP) is 1.20. The quantitative estimate of drug-likeness (QED) is 0.844. The molecule has 2 aliphatic heterocycles. The lowest BCUT2D eigenvalue weighted by molar-refractivity contribution is 0.519. The fraction of sp³-hybridized carbons (Fsp3) is 0.353. The number of nitrogens with one attached hydrogen (secondary N) is 1. The third-order valence-corrected chi connectivity index (χ3v) is 4.46. The van der Waals surface area contributed by atoms with Gasteiger partial charge in [0.25, 0.3) is 0 Å². The van der Waals surface area contributed by atoms with Crippen LogP contribution in [0.15, 0.2) is 40.2 Å². The lowest BCUT2D eigenvalue weighted by Gasteiger charge is -2.23. The predicted molar refractivity (Wildman–Crippen MR) is 103 cm³/mol. The molecule has 9 heteroatoms. The lowest BCUT2D eigenvalue weighted by Crippen LogP contribution is -2.36. The maximum absolute atomic E-state index is 8.19. The first-order valence-corrected chi connectivity index (χ1v) is 8.53. The first-order chi connectivity index (χ1) is 12.5. The molecule has 2 aromatic heterocycles. The third-order valence-electron chi connectivity index (χ3n) is 4.46. The maximum Gasteiger partial charge on any atom is 0.183 e. The van der Waals surface area contributed by atoms with Crippen molar-refractivity contribution in [3.8, 4) is 0 Å². The number of amidine groups is 2. The molecule has 0 atom stereocenters. The molecule has 9 nitrogen and oxygen atoms in total. The summed E-state index contributed by atoms with van der Waals surface area (Å²) in [7, 11) is 3.89. The zero-order valence-electron chi connectivity index (χ0n) is 14.8. The largest absolute Gasteiger partial charge is 0.396 e. The third kappa shape index (κ3) is 2.71.